The first-order valence-electron chi connectivity index (χ1n) is 4.23. The zero-order valence-corrected chi connectivity index (χ0v) is 11.1. The molecule has 0 aliphatic heterocycles. The topological polar surface area (TPSA) is 0 Å². The Labute approximate surface area is 92.6 Å². The van der Waals surface area contributed by atoms with Crippen molar-refractivity contribution in [1.82, 2.24) is 0 Å². The molecule has 0 amide bonds. The summed E-state index contributed by atoms with van der Waals surface area (Å²) in [6.45, 7) is 0. The van der Waals surface area contributed by atoms with Crippen LogP contribution in [-0.4, -0.2) is 24.0 Å². The van der Waals surface area contributed by atoms with E-state index >= 15 is 0 Å². The Morgan fingerprint density at radius 3 is 1.42 bits per heavy atom. The van der Waals surface area contributed by atoms with E-state index < -0.39 is 0 Å². The fourth-order valence-electron chi connectivity index (χ4n) is 0.842. The van der Waals surface area contributed by atoms with E-state index in [0.29, 0.717) is 0 Å². The zero-order chi connectivity index (χ0) is 9.07. The van der Waals surface area contributed by atoms with Crippen molar-refractivity contribution in [3.05, 3.63) is 0 Å². The monoisotopic (exact) mass is 242 g/mol. The zero-order valence-electron chi connectivity index (χ0n) is 7.88. The smallest absolute Gasteiger partial charge is 0.00368 e. The molecule has 0 aliphatic rings. The number of hydrogen-bond acceptors (Lipinski definition) is 4. The van der Waals surface area contributed by atoms with Crippen molar-refractivity contribution in [2.24, 2.45) is 0 Å². The lowest BCUT2D eigenvalue weighted by molar-refractivity contribution is 0.712. The molecule has 0 saturated carbocycles. The van der Waals surface area contributed by atoms with Crippen LogP contribution in [0.1, 0.15) is 25.7 Å². The first-order chi connectivity index (χ1) is 5.91. The van der Waals surface area contributed by atoms with E-state index in [1.54, 1.807) is 0 Å². The highest BCUT2D eigenvalue weighted by atomic mass is 33.1. The van der Waals surface area contributed by atoms with Gasteiger partial charge in [-0.1, -0.05) is 56.0 Å². The average molecular weight is 242 g/mol. The minimum Gasteiger partial charge on any atom is -0.0976 e. The summed E-state index contributed by atoms with van der Waals surface area (Å²) in [5.74, 6) is 2.66. The van der Waals surface area contributed by atoms with Crippen molar-refractivity contribution in [2.75, 3.05) is 24.0 Å². The van der Waals surface area contributed by atoms with Gasteiger partial charge in [0.25, 0.3) is 0 Å². The maximum absolute atomic E-state index is 2.15. The summed E-state index contributed by atoms with van der Waals surface area (Å²) in [6.07, 6.45) is 9.94. The van der Waals surface area contributed by atoms with E-state index in [-0.39, 0.29) is 0 Å². The third-order valence-electron chi connectivity index (χ3n) is 1.44. The second-order valence-electron chi connectivity index (χ2n) is 2.39. The molecule has 0 aromatic carbocycles. The fraction of sp³-hybridized carbons (Fsp3) is 1.00. The van der Waals surface area contributed by atoms with Crippen LogP contribution in [0.25, 0.3) is 0 Å². The lowest BCUT2D eigenvalue weighted by Gasteiger charge is -1.99. The summed E-state index contributed by atoms with van der Waals surface area (Å²) in [5.41, 5.74) is 0. The average Bonchev–Trinajstić information content (AvgIpc) is 2.10. The van der Waals surface area contributed by atoms with Crippen LogP contribution in [0.2, 0.25) is 0 Å². The molecular formula is C8H18S4. The largest absolute Gasteiger partial charge is 0.0976 e. The van der Waals surface area contributed by atoms with Crippen LogP contribution in [-0.2, 0) is 0 Å². The Kier molecular flexibility index (Phi) is 13.8. The Morgan fingerprint density at radius 2 is 1.08 bits per heavy atom. The van der Waals surface area contributed by atoms with Crippen molar-refractivity contribution in [3.8, 4) is 0 Å². The molecule has 0 aromatic heterocycles. The standard InChI is InChI=1S/C8H18S4/c1-9-11-7-5-3-4-6-8-12-10-2/h3-8H2,1-2H3. The highest BCUT2D eigenvalue weighted by molar-refractivity contribution is 8.76. The molecule has 0 aromatic rings. The predicted octanol–water partition coefficient (Wildman–Crippen LogP) is 4.57. The second-order valence-corrected chi connectivity index (χ2v) is 7.76. The SMILES string of the molecule is CSSCCCCCCSSC. The molecule has 74 valence electrons. The minimum atomic E-state index is 1.33. The molecular weight excluding hydrogens is 224 g/mol. The third kappa shape index (κ3) is 11.4. The third-order valence-corrected chi connectivity index (χ3v) is 5.24. The van der Waals surface area contributed by atoms with Crippen LogP contribution in [0.3, 0.4) is 0 Å². The van der Waals surface area contributed by atoms with Crippen molar-refractivity contribution in [2.45, 2.75) is 25.7 Å². The summed E-state index contributed by atoms with van der Waals surface area (Å²) in [4.78, 5) is 0. The van der Waals surface area contributed by atoms with Crippen LogP contribution in [0.4, 0.5) is 0 Å². The first-order valence-corrected chi connectivity index (χ1v) is 9.68. The summed E-state index contributed by atoms with van der Waals surface area (Å²) in [6, 6.07) is 0. The van der Waals surface area contributed by atoms with Gasteiger partial charge in [-0.3, -0.25) is 0 Å². The van der Waals surface area contributed by atoms with E-state index in [1.807, 2.05) is 43.2 Å². The van der Waals surface area contributed by atoms with Crippen LogP contribution < -0.4 is 0 Å². The van der Waals surface area contributed by atoms with E-state index in [0.717, 1.165) is 0 Å². The summed E-state index contributed by atoms with van der Waals surface area (Å²) < 4.78 is 0. The first kappa shape index (κ1) is 13.4. The Bertz CT molecular complexity index is 67.5. The maximum Gasteiger partial charge on any atom is 0.00368 e. The van der Waals surface area contributed by atoms with Gasteiger partial charge < -0.3 is 0 Å². The number of hydrogen-bond donors (Lipinski definition) is 0. The molecule has 0 spiro atoms. The van der Waals surface area contributed by atoms with E-state index in [4.69, 9.17) is 0 Å². The van der Waals surface area contributed by atoms with E-state index in [1.165, 1.54) is 37.2 Å². The molecule has 0 rings (SSSR count). The normalized spacial score (nSPS) is 10.5. The van der Waals surface area contributed by atoms with Crippen molar-refractivity contribution >= 4 is 43.2 Å². The molecule has 0 radical (unpaired) electrons. The van der Waals surface area contributed by atoms with Gasteiger partial charge in [0.1, 0.15) is 0 Å². The molecule has 0 nitrogen and oxygen atoms in total. The highest BCUT2D eigenvalue weighted by Gasteiger charge is 1.90. The van der Waals surface area contributed by atoms with Crippen LogP contribution in [0, 0.1) is 0 Å². The van der Waals surface area contributed by atoms with Gasteiger partial charge in [-0.15, -0.1) is 0 Å². The van der Waals surface area contributed by atoms with Gasteiger partial charge in [-0.25, -0.2) is 0 Å². The molecule has 0 unspecified atom stereocenters. The molecule has 4 heteroatoms. The van der Waals surface area contributed by atoms with Gasteiger partial charge in [0.15, 0.2) is 0 Å². The molecule has 0 heterocycles. The summed E-state index contributed by atoms with van der Waals surface area (Å²) >= 11 is 0. The fourth-order valence-corrected chi connectivity index (χ4v) is 3.53. The summed E-state index contributed by atoms with van der Waals surface area (Å²) in [7, 11) is 7.73. The lowest BCUT2D eigenvalue weighted by Crippen LogP contribution is -1.81. The number of rotatable bonds is 9. The minimum absolute atomic E-state index is 1.33. The molecule has 0 aliphatic carbocycles. The van der Waals surface area contributed by atoms with Gasteiger partial charge >= 0.3 is 0 Å². The predicted molar refractivity (Wildman–Crippen MR) is 70.4 cm³/mol. The van der Waals surface area contributed by atoms with Crippen molar-refractivity contribution in [3.63, 3.8) is 0 Å². The van der Waals surface area contributed by atoms with Gasteiger partial charge in [-0.05, 0) is 25.4 Å². The van der Waals surface area contributed by atoms with E-state index in [9.17, 15) is 0 Å². The maximum atomic E-state index is 2.15. The Morgan fingerprint density at radius 1 is 0.667 bits per heavy atom. The van der Waals surface area contributed by atoms with Gasteiger partial charge in [0.05, 0.1) is 0 Å². The van der Waals surface area contributed by atoms with Gasteiger partial charge in [-0.2, -0.15) is 0 Å². The van der Waals surface area contributed by atoms with Gasteiger partial charge in [0, 0.05) is 11.5 Å². The van der Waals surface area contributed by atoms with Crippen LogP contribution >= 0.6 is 43.2 Å². The second kappa shape index (κ2) is 12.4. The summed E-state index contributed by atoms with van der Waals surface area (Å²) in [5, 5.41) is 0. The van der Waals surface area contributed by atoms with Crippen molar-refractivity contribution < 1.29 is 0 Å². The molecule has 0 N–H and O–H groups in total. The molecule has 0 fully saturated rings. The molecule has 0 saturated heterocycles. The molecule has 0 atom stereocenters. The lowest BCUT2D eigenvalue weighted by atomic mass is 10.2. The molecule has 12 heavy (non-hydrogen) atoms. The Balaban J connectivity index is 2.73. The Hall–Kier alpha value is 1.40. The van der Waals surface area contributed by atoms with E-state index in [2.05, 4.69) is 12.5 Å². The quantitative estimate of drug-likeness (QED) is 0.429. The van der Waals surface area contributed by atoms with Crippen LogP contribution in [0.15, 0.2) is 0 Å². The van der Waals surface area contributed by atoms with Crippen molar-refractivity contribution in [1.29, 1.82) is 0 Å². The van der Waals surface area contributed by atoms with Gasteiger partial charge in [0.2, 0.25) is 0 Å². The van der Waals surface area contributed by atoms with Crippen LogP contribution in [0.5, 0.6) is 0 Å². The highest BCUT2D eigenvalue weighted by Crippen LogP contribution is 2.21. The molecule has 0 bridgehead atoms. The number of unbranched alkanes of at least 4 members (excludes halogenated alkanes) is 3.